The molecule has 1 amide bonds. The number of amides is 1. The van der Waals surface area contributed by atoms with Crippen LogP contribution in [0.2, 0.25) is 10.0 Å². The quantitative estimate of drug-likeness (QED) is 0.381. The van der Waals surface area contributed by atoms with E-state index in [2.05, 4.69) is 37.4 Å². The molecular weight excluding hydrogens is 491 g/mol. The predicted molar refractivity (Wildman–Crippen MR) is 139 cm³/mol. The van der Waals surface area contributed by atoms with Gasteiger partial charge in [0, 0.05) is 16.6 Å². The number of carbonyl (C=O) groups is 1. The van der Waals surface area contributed by atoms with Crippen LogP contribution in [0.3, 0.4) is 0 Å². The van der Waals surface area contributed by atoms with Gasteiger partial charge in [-0.15, -0.1) is 0 Å². The zero-order valence-electron chi connectivity index (χ0n) is 19.4. The van der Waals surface area contributed by atoms with E-state index in [-0.39, 0.29) is 20.6 Å². The van der Waals surface area contributed by atoms with Crippen LogP contribution >= 0.6 is 23.2 Å². The topological polar surface area (TPSA) is 66.5 Å². The third kappa shape index (κ3) is 6.32. The number of hydrogen-bond donors (Lipinski definition) is 1. The number of hydrogen-bond acceptors (Lipinski definition) is 3. The van der Waals surface area contributed by atoms with Crippen LogP contribution in [-0.2, 0) is 34.2 Å². The third-order valence-electron chi connectivity index (χ3n) is 5.57. The maximum atomic E-state index is 13.5. The smallest absolute Gasteiger partial charge is 0.264 e. The molecule has 0 saturated carbocycles. The monoisotopic (exact) mass is 518 g/mol. The highest BCUT2D eigenvalue weighted by Gasteiger charge is 2.28. The summed E-state index contributed by atoms with van der Waals surface area (Å²) in [5.74, 6) is -0.435. The van der Waals surface area contributed by atoms with Crippen molar-refractivity contribution in [2.45, 2.75) is 45.1 Å². The lowest BCUT2D eigenvalue weighted by Gasteiger charge is -2.25. The molecule has 0 fully saturated rings. The largest absolute Gasteiger partial charge is 0.350 e. The number of nitrogens with zero attached hydrogens (tertiary/aromatic N) is 1. The molecule has 3 aromatic rings. The van der Waals surface area contributed by atoms with Crippen molar-refractivity contribution < 1.29 is 13.2 Å². The highest BCUT2D eigenvalue weighted by atomic mass is 35.5. The van der Waals surface area contributed by atoms with Crippen molar-refractivity contribution in [3.8, 4) is 0 Å². The highest BCUT2D eigenvalue weighted by Crippen LogP contribution is 2.29. The number of aryl methyl sites for hydroxylation is 3. The number of sulfonamides is 1. The van der Waals surface area contributed by atoms with E-state index in [1.165, 1.54) is 35.9 Å². The second-order valence-corrected chi connectivity index (χ2v) is 10.8. The minimum absolute atomic E-state index is 0.0749. The zero-order chi connectivity index (χ0) is 24.9. The van der Waals surface area contributed by atoms with Crippen LogP contribution in [0, 0.1) is 6.92 Å². The molecular formula is C26H28Cl2N2O3S. The number of benzene rings is 3. The van der Waals surface area contributed by atoms with Crippen LogP contribution in [0.15, 0.2) is 65.6 Å². The molecule has 5 nitrogen and oxygen atoms in total. The molecule has 0 aliphatic carbocycles. The van der Waals surface area contributed by atoms with E-state index < -0.39 is 22.5 Å². The Morgan fingerprint density at radius 3 is 2.12 bits per heavy atom. The van der Waals surface area contributed by atoms with Crippen molar-refractivity contribution in [1.29, 1.82) is 0 Å². The standard InChI is InChI=1S/C26H28Cl2N2O3S/c1-4-19-8-9-20(5-2)21(12-19)16-29-26(31)17-30(24-14-22(27)13-23(28)15-24)34(32,33)25-10-6-18(3)7-11-25/h6-15H,4-5,16-17H2,1-3H3,(H,29,31). The van der Waals surface area contributed by atoms with Crippen molar-refractivity contribution in [3.05, 3.63) is 93.0 Å². The first kappa shape index (κ1) is 26.1. The number of halogens is 2. The average Bonchev–Trinajstić information content (AvgIpc) is 2.80. The van der Waals surface area contributed by atoms with Crippen LogP contribution in [0.1, 0.15) is 36.1 Å². The van der Waals surface area contributed by atoms with Crippen molar-refractivity contribution in [2.75, 3.05) is 10.8 Å². The van der Waals surface area contributed by atoms with Crippen LogP contribution in [0.5, 0.6) is 0 Å². The second kappa shape index (κ2) is 11.3. The summed E-state index contributed by atoms with van der Waals surface area (Å²) in [7, 11) is -4.05. The number of nitrogens with one attached hydrogen (secondary N) is 1. The molecule has 3 rings (SSSR count). The molecule has 34 heavy (non-hydrogen) atoms. The fourth-order valence-electron chi connectivity index (χ4n) is 3.62. The molecule has 0 spiro atoms. The lowest BCUT2D eigenvalue weighted by atomic mass is 10.0. The van der Waals surface area contributed by atoms with Gasteiger partial charge in [0.15, 0.2) is 0 Å². The molecule has 3 aromatic carbocycles. The Kier molecular flexibility index (Phi) is 8.63. The summed E-state index contributed by atoms with van der Waals surface area (Å²) in [4.78, 5) is 13.0. The van der Waals surface area contributed by atoms with E-state index in [1.54, 1.807) is 12.1 Å². The molecule has 0 unspecified atom stereocenters. The van der Waals surface area contributed by atoms with E-state index in [1.807, 2.05) is 6.92 Å². The molecule has 8 heteroatoms. The van der Waals surface area contributed by atoms with Gasteiger partial charge >= 0.3 is 0 Å². The van der Waals surface area contributed by atoms with Crippen LogP contribution in [0.25, 0.3) is 0 Å². The summed E-state index contributed by atoms with van der Waals surface area (Å²) in [5, 5.41) is 3.42. The Bertz CT molecular complexity index is 1260. The van der Waals surface area contributed by atoms with Gasteiger partial charge in [-0.2, -0.15) is 0 Å². The Labute approximate surface area is 211 Å². The van der Waals surface area contributed by atoms with Gasteiger partial charge in [-0.05, 0) is 66.8 Å². The van der Waals surface area contributed by atoms with E-state index in [4.69, 9.17) is 23.2 Å². The lowest BCUT2D eigenvalue weighted by molar-refractivity contribution is -0.119. The summed E-state index contributed by atoms with van der Waals surface area (Å²) in [6.07, 6.45) is 1.73. The number of rotatable bonds is 9. The molecule has 0 radical (unpaired) electrons. The SMILES string of the molecule is CCc1ccc(CC)c(CNC(=O)CN(c2cc(Cl)cc(Cl)c2)S(=O)(=O)c2ccc(C)cc2)c1. The molecule has 0 aromatic heterocycles. The third-order valence-corrected chi connectivity index (χ3v) is 7.79. The van der Waals surface area contributed by atoms with E-state index in [9.17, 15) is 13.2 Å². The van der Waals surface area contributed by atoms with Gasteiger partial charge in [0.2, 0.25) is 5.91 Å². The Morgan fingerprint density at radius 1 is 0.882 bits per heavy atom. The van der Waals surface area contributed by atoms with E-state index in [0.29, 0.717) is 6.54 Å². The summed E-state index contributed by atoms with van der Waals surface area (Å²) < 4.78 is 28.1. The van der Waals surface area contributed by atoms with Crippen LogP contribution in [0.4, 0.5) is 5.69 Å². The van der Waals surface area contributed by atoms with E-state index >= 15 is 0 Å². The zero-order valence-corrected chi connectivity index (χ0v) is 21.8. The fourth-order valence-corrected chi connectivity index (χ4v) is 5.54. The molecule has 0 saturated heterocycles. The maximum Gasteiger partial charge on any atom is 0.264 e. The molecule has 0 aliphatic rings. The molecule has 180 valence electrons. The van der Waals surface area contributed by atoms with Gasteiger partial charge in [-0.25, -0.2) is 8.42 Å². The minimum atomic E-state index is -4.05. The number of carbonyl (C=O) groups excluding carboxylic acids is 1. The Morgan fingerprint density at radius 2 is 1.53 bits per heavy atom. The van der Waals surface area contributed by atoms with Crippen molar-refractivity contribution in [3.63, 3.8) is 0 Å². The first-order chi connectivity index (χ1) is 16.1. The normalized spacial score (nSPS) is 11.3. The summed E-state index contributed by atoms with van der Waals surface area (Å²) in [6, 6.07) is 17.2. The molecule has 0 aliphatic heterocycles. The van der Waals surface area contributed by atoms with Crippen LogP contribution < -0.4 is 9.62 Å². The second-order valence-electron chi connectivity index (χ2n) is 8.04. The maximum absolute atomic E-state index is 13.5. The summed E-state index contributed by atoms with van der Waals surface area (Å²) >= 11 is 12.3. The van der Waals surface area contributed by atoms with E-state index in [0.717, 1.165) is 33.8 Å². The molecule has 0 heterocycles. The van der Waals surface area contributed by atoms with Gasteiger partial charge in [0.05, 0.1) is 10.6 Å². The fraction of sp³-hybridized carbons (Fsp3) is 0.269. The van der Waals surface area contributed by atoms with Crippen molar-refractivity contribution >= 4 is 44.8 Å². The minimum Gasteiger partial charge on any atom is -0.350 e. The van der Waals surface area contributed by atoms with Gasteiger partial charge in [0.25, 0.3) is 10.0 Å². The molecule has 0 bridgehead atoms. The molecule has 1 N–H and O–H groups in total. The van der Waals surface area contributed by atoms with Gasteiger partial charge in [-0.1, -0.05) is 72.9 Å². The summed E-state index contributed by atoms with van der Waals surface area (Å²) in [5.41, 5.74) is 4.49. The van der Waals surface area contributed by atoms with Gasteiger partial charge in [-0.3, -0.25) is 9.10 Å². The molecule has 0 atom stereocenters. The van der Waals surface area contributed by atoms with Crippen molar-refractivity contribution in [1.82, 2.24) is 5.32 Å². The van der Waals surface area contributed by atoms with Crippen LogP contribution in [-0.4, -0.2) is 20.9 Å². The predicted octanol–water partition coefficient (Wildman–Crippen LogP) is 5.94. The Balaban J connectivity index is 1.90. The Hall–Kier alpha value is -2.54. The number of anilines is 1. The lowest BCUT2D eigenvalue weighted by Crippen LogP contribution is -2.40. The first-order valence-electron chi connectivity index (χ1n) is 11.1. The van der Waals surface area contributed by atoms with Gasteiger partial charge < -0.3 is 5.32 Å². The summed E-state index contributed by atoms with van der Waals surface area (Å²) in [6.45, 7) is 5.90. The first-order valence-corrected chi connectivity index (χ1v) is 13.3. The highest BCUT2D eigenvalue weighted by molar-refractivity contribution is 7.92. The van der Waals surface area contributed by atoms with Crippen molar-refractivity contribution in [2.24, 2.45) is 0 Å². The average molecular weight is 519 g/mol. The van der Waals surface area contributed by atoms with Gasteiger partial charge in [0.1, 0.15) is 6.54 Å².